The number of methoxy groups -OCH3 is 1. The summed E-state index contributed by atoms with van der Waals surface area (Å²) in [6.45, 7) is 6.85. The fourth-order valence-corrected chi connectivity index (χ4v) is 3.01. The van der Waals surface area contributed by atoms with Crippen molar-refractivity contribution >= 4 is 11.8 Å². The van der Waals surface area contributed by atoms with Gasteiger partial charge in [-0.3, -0.25) is 0 Å². The SMILES string of the molecule is COc1cc(C)c(SC2CNCCO2)cc1C. The first kappa shape index (κ1) is 12.7. The highest BCUT2D eigenvalue weighted by Crippen LogP contribution is 2.32. The van der Waals surface area contributed by atoms with E-state index in [1.165, 1.54) is 16.0 Å². The van der Waals surface area contributed by atoms with E-state index in [0.29, 0.717) is 0 Å². The summed E-state index contributed by atoms with van der Waals surface area (Å²) in [5.41, 5.74) is 2.63. The molecule has 17 heavy (non-hydrogen) atoms. The highest BCUT2D eigenvalue weighted by molar-refractivity contribution is 7.99. The summed E-state index contributed by atoms with van der Waals surface area (Å²) in [7, 11) is 1.71. The van der Waals surface area contributed by atoms with E-state index < -0.39 is 0 Å². The average Bonchev–Trinajstić information content (AvgIpc) is 2.34. The zero-order chi connectivity index (χ0) is 12.3. The Morgan fingerprint density at radius 1 is 1.35 bits per heavy atom. The molecule has 1 aliphatic rings. The van der Waals surface area contributed by atoms with E-state index in [2.05, 4.69) is 31.3 Å². The minimum atomic E-state index is 0.218. The van der Waals surface area contributed by atoms with E-state index >= 15 is 0 Å². The van der Waals surface area contributed by atoms with Crippen molar-refractivity contribution in [2.75, 3.05) is 26.8 Å². The summed E-state index contributed by atoms with van der Waals surface area (Å²) >= 11 is 1.78. The lowest BCUT2D eigenvalue weighted by Gasteiger charge is -2.24. The summed E-state index contributed by atoms with van der Waals surface area (Å²) < 4.78 is 11.0. The smallest absolute Gasteiger partial charge is 0.122 e. The third kappa shape index (κ3) is 3.15. The van der Waals surface area contributed by atoms with Gasteiger partial charge >= 0.3 is 0 Å². The second kappa shape index (κ2) is 5.76. The maximum absolute atomic E-state index is 5.70. The summed E-state index contributed by atoms with van der Waals surface area (Å²) in [5, 5.41) is 3.34. The molecule has 0 radical (unpaired) electrons. The van der Waals surface area contributed by atoms with Gasteiger partial charge in [0.2, 0.25) is 0 Å². The van der Waals surface area contributed by atoms with E-state index in [0.717, 1.165) is 25.4 Å². The predicted molar refractivity (Wildman–Crippen MR) is 70.9 cm³/mol. The van der Waals surface area contributed by atoms with Crippen molar-refractivity contribution in [3.63, 3.8) is 0 Å². The summed E-state index contributed by atoms with van der Waals surface area (Å²) in [6, 6.07) is 4.27. The molecule has 1 saturated heterocycles. The topological polar surface area (TPSA) is 30.5 Å². The van der Waals surface area contributed by atoms with E-state index in [1.54, 1.807) is 18.9 Å². The van der Waals surface area contributed by atoms with Crippen molar-refractivity contribution in [3.05, 3.63) is 23.3 Å². The van der Waals surface area contributed by atoms with Crippen LogP contribution < -0.4 is 10.1 Å². The number of hydrogen-bond acceptors (Lipinski definition) is 4. The van der Waals surface area contributed by atoms with Crippen molar-refractivity contribution in [3.8, 4) is 5.75 Å². The molecule has 1 aliphatic heterocycles. The van der Waals surface area contributed by atoms with Gasteiger partial charge in [0.15, 0.2) is 0 Å². The van der Waals surface area contributed by atoms with Crippen LogP contribution in [0.1, 0.15) is 11.1 Å². The van der Waals surface area contributed by atoms with Crippen LogP contribution >= 0.6 is 11.8 Å². The summed E-state index contributed by atoms with van der Waals surface area (Å²) in [5.74, 6) is 0.953. The van der Waals surface area contributed by atoms with Crippen LogP contribution in [0.25, 0.3) is 0 Å². The molecule has 0 aliphatic carbocycles. The molecule has 1 aromatic carbocycles. The second-order valence-electron chi connectivity index (χ2n) is 4.21. The molecule has 0 bridgehead atoms. The normalized spacial score (nSPS) is 20.3. The third-order valence-electron chi connectivity index (χ3n) is 2.84. The Balaban J connectivity index is 2.12. The van der Waals surface area contributed by atoms with Crippen LogP contribution in [-0.2, 0) is 4.74 Å². The lowest BCUT2D eigenvalue weighted by Crippen LogP contribution is -2.36. The number of nitrogens with one attached hydrogen (secondary N) is 1. The Hall–Kier alpha value is -0.710. The van der Waals surface area contributed by atoms with Gasteiger partial charge in [-0.2, -0.15) is 0 Å². The molecule has 0 saturated carbocycles. The van der Waals surface area contributed by atoms with Crippen molar-refractivity contribution in [1.29, 1.82) is 0 Å². The number of ether oxygens (including phenoxy) is 2. The van der Waals surface area contributed by atoms with Crippen molar-refractivity contribution < 1.29 is 9.47 Å². The molecule has 94 valence electrons. The Bertz CT molecular complexity index is 389. The lowest BCUT2D eigenvalue weighted by molar-refractivity contribution is 0.0852. The van der Waals surface area contributed by atoms with Crippen molar-refractivity contribution in [2.45, 2.75) is 24.2 Å². The molecule has 1 fully saturated rings. The highest BCUT2D eigenvalue weighted by atomic mass is 32.2. The first-order chi connectivity index (χ1) is 8.20. The standard InChI is InChI=1S/C13H19NO2S/c1-9-7-12(10(2)6-11(9)15-3)17-13-8-14-4-5-16-13/h6-7,13-14H,4-5,8H2,1-3H3. The van der Waals surface area contributed by atoms with Gasteiger partial charge < -0.3 is 14.8 Å². The Morgan fingerprint density at radius 2 is 2.18 bits per heavy atom. The zero-order valence-corrected chi connectivity index (χ0v) is 11.4. The summed E-state index contributed by atoms with van der Waals surface area (Å²) in [4.78, 5) is 1.28. The molecule has 0 aromatic heterocycles. The van der Waals surface area contributed by atoms with E-state index in [1.807, 2.05) is 0 Å². The fraction of sp³-hybridized carbons (Fsp3) is 0.538. The molecule has 0 amide bonds. The first-order valence-corrected chi connectivity index (χ1v) is 6.73. The maximum atomic E-state index is 5.70. The number of benzene rings is 1. The van der Waals surface area contributed by atoms with Gasteiger partial charge in [-0.1, -0.05) is 11.8 Å². The van der Waals surface area contributed by atoms with Crippen LogP contribution in [0, 0.1) is 13.8 Å². The number of thioether (sulfide) groups is 1. The molecule has 3 nitrogen and oxygen atoms in total. The minimum absolute atomic E-state index is 0.218. The Kier molecular flexibility index (Phi) is 4.31. The number of hydrogen-bond donors (Lipinski definition) is 1. The molecular weight excluding hydrogens is 234 g/mol. The van der Waals surface area contributed by atoms with Crippen LogP contribution in [0.4, 0.5) is 0 Å². The van der Waals surface area contributed by atoms with Gasteiger partial charge in [0.25, 0.3) is 0 Å². The highest BCUT2D eigenvalue weighted by Gasteiger charge is 2.16. The minimum Gasteiger partial charge on any atom is -0.496 e. The van der Waals surface area contributed by atoms with E-state index in [9.17, 15) is 0 Å². The zero-order valence-electron chi connectivity index (χ0n) is 10.6. The molecule has 0 spiro atoms. The van der Waals surface area contributed by atoms with Gasteiger partial charge in [0.1, 0.15) is 11.2 Å². The molecule has 1 N–H and O–H groups in total. The van der Waals surface area contributed by atoms with Gasteiger partial charge in [-0.25, -0.2) is 0 Å². The van der Waals surface area contributed by atoms with E-state index in [4.69, 9.17) is 9.47 Å². The quantitative estimate of drug-likeness (QED) is 0.896. The van der Waals surface area contributed by atoms with Crippen molar-refractivity contribution in [1.82, 2.24) is 5.32 Å². The fourth-order valence-electron chi connectivity index (χ4n) is 1.87. The Labute approximate surface area is 107 Å². The largest absolute Gasteiger partial charge is 0.496 e. The number of morpholine rings is 1. The number of aryl methyl sites for hydroxylation is 2. The third-order valence-corrected chi connectivity index (χ3v) is 4.10. The monoisotopic (exact) mass is 253 g/mol. The van der Waals surface area contributed by atoms with Gasteiger partial charge in [0.05, 0.1) is 13.7 Å². The second-order valence-corrected chi connectivity index (χ2v) is 5.41. The molecule has 4 heteroatoms. The molecule has 1 atom stereocenters. The first-order valence-electron chi connectivity index (χ1n) is 5.85. The predicted octanol–water partition coefficient (Wildman–Crippen LogP) is 2.35. The van der Waals surface area contributed by atoms with Crippen LogP contribution in [0.3, 0.4) is 0 Å². The van der Waals surface area contributed by atoms with Crippen LogP contribution in [-0.4, -0.2) is 32.2 Å². The average molecular weight is 253 g/mol. The molecule has 1 heterocycles. The summed E-state index contributed by atoms with van der Waals surface area (Å²) in [6.07, 6.45) is 0. The van der Waals surface area contributed by atoms with E-state index in [-0.39, 0.29) is 5.44 Å². The van der Waals surface area contributed by atoms with Gasteiger partial charge in [-0.05, 0) is 37.1 Å². The Morgan fingerprint density at radius 3 is 2.82 bits per heavy atom. The van der Waals surface area contributed by atoms with Gasteiger partial charge in [-0.15, -0.1) is 0 Å². The molecule has 1 unspecified atom stereocenters. The van der Waals surface area contributed by atoms with Crippen LogP contribution in [0.5, 0.6) is 5.75 Å². The maximum Gasteiger partial charge on any atom is 0.122 e. The van der Waals surface area contributed by atoms with Crippen LogP contribution in [0.15, 0.2) is 17.0 Å². The van der Waals surface area contributed by atoms with Crippen molar-refractivity contribution in [2.24, 2.45) is 0 Å². The van der Waals surface area contributed by atoms with Crippen LogP contribution in [0.2, 0.25) is 0 Å². The lowest BCUT2D eigenvalue weighted by atomic mass is 10.1. The molecule has 2 rings (SSSR count). The molecule has 1 aromatic rings. The number of rotatable bonds is 3. The molecular formula is C13H19NO2S. The van der Waals surface area contributed by atoms with Gasteiger partial charge in [0, 0.05) is 18.0 Å².